The molecule has 0 saturated heterocycles. The first-order chi connectivity index (χ1) is 10.2. The molecule has 0 spiro atoms. The predicted octanol–water partition coefficient (Wildman–Crippen LogP) is 2.46. The first kappa shape index (κ1) is 15.7. The van der Waals surface area contributed by atoms with Crippen molar-refractivity contribution in [3.8, 4) is 11.5 Å². The van der Waals surface area contributed by atoms with Crippen molar-refractivity contribution in [2.24, 2.45) is 0 Å². The normalized spacial score (nSPS) is 13.4. The fourth-order valence-corrected chi connectivity index (χ4v) is 2.61. The monoisotopic (exact) mass is 310 g/mol. The zero-order valence-corrected chi connectivity index (χ0v) is 12.7. The number of fused-ring (bicyclic) bond motifs is 1. The molecule has 1 aliphatic heterocycles. The number of benzene rings is 1. The lowest BCUT2D eigenvalue weighted by molar-refractivity contribution is -0.145. The maximum Gasteiger partial charge on any atom is 0.313 e. The van der Waals surface area contributed by atoms with Crippen LogP contribution >= 0.6 is 11.8 Å². The first-order valence-corrected chi connectivity index (χ1v) is 7.87. The maximum absolute atomic E-state index is 11.7. The Bertz CT molecular complexity index is 515. The van der Waals surface area contributed by atoms with E-state index < -0.39 is 5.97 Å². The lowest BCUT2D eigenvalue weighted by Crippen LogP contribution is -2.12. The lowest BCUT2D eigenvalue weighted by Gasteiger charge is -2.08. The Morgan fingerprint density at radius 1 is 1.24 bits per heavy atom. The quantitative estimate of drug-likeness (QED) is 0.457. The second-order valence-corrected chi connectivity index (χ2v) is 5.52. The Labute approximate surface area is 127 Å². The van der Waals surface area contributed by atoms with E-state index in [4.69, 9.17) is 14.2 Å². The minimum absolute atomic E-state index is 0.148. The molecule has 0 unspecified atom stereocenters. The van der Waals surface area contributed by atoms with Crippen molar-refractivity contribution in [3.05, 3.63) is 18.2 Å². The highest BCUT2D eigenvalue weighted by Gasteiger charge is 2.13. The van der Waals surface area contributed by atoms with Gasteiger partial charge in [-0.2, -0.15) is 0 Å². The van der Waals surface area contributed by atoms with E-state index in [9.17, 15) is 9.59 Å². The third-order valence-electron chi connectivity index (χ3n) is 2.77. The Balaban J connectivity index is 1.87. The van der Waals surface area contributed by atoms with Crippen LogP contribution in [0.3, 0.4) is 0 Å². The summed E-state index contributed by atoms with van der Waals surface area (Å²) in [6.07, 6.45) is 0.681. The van der Waals surface area contributed by atoms with E-state index in [2.05, 4.69) is 0 Å². The second kappa shape index (κ2) is 7.93. The fraction of sp³-hybridized carbons (Fsp3) is 0.467. The minimum Gasteiger partial charge on any atom is -0.490 e. The molecule has 0 aromatic heterocycles. The molecule has 0 radical (unpaired) electrons. The smallest absolute Gasteiger partial charge is 0.313 e. The molecule has 1 aliphatic rings. The van der Waals surface area contributed by atoms with Gasteiger partial charge in [-0.05, 0) is 25.1 Å². The summed E-state index contributed by atoms with van der Waals surface area (Å²) in [6, 6.07) is 5.59. The average molecular weight is 310 g/mol. The molecule has 1 heterocycles. The van der Waals surface area contributed by atoms with Crippen molar-refractivity contribution in [2.75, 3.05) is 25.6 Å². The molecule has 114 valence electrons. The van der Waals surface area contributed by atoms with Crippen LogP contribution < -0.4 is 9.47 Å². The summed E-state index contributed by atoms with van der Waals surface area (Å²) in [6.45, 7) is 3.29. The van der Waals surface area contributed by atoms with Gasteiger partial charge in [0.15, 0.2) is 17.3 Å². The van der Waals surface area contributed by atoms with E-state index in [0.717, 1.165) is 17.1 Å². The van der Waals surface area contributed by atoms with Gasteiger partial charge in [0.2, 0.25) is 0 Å². The van der Waals surface area contributed by atoms with Crippen molar-refractivity contribution in [1.82, 2.24) is 0 Å². The third kappa shape index (κ3) is 4.97. The van der Waals surface area contributed by atoms with Crippen LogP contribution in [0.5, 0.6) is 11.5 Å². The van der Waals surface area contributed by atoms with Crippen LogP contribution in [-0.2, 0) is 14.3 Å². The van der Waals surface area contributed by atoms with Crippen LogP contribution in [-0.4, -0.2) is 37.3 Å². The molecule has 1 aromatic carbocycles. The molecule has 6 heteroatoms. The molecular formula is C15H18O5S. The van der Waals surface area contributed by atoms with Gasteiger partial charge in [-0.15, -0.1) is 11.8 Å². The van der Waals surface area contributed by atoms with E-state index in [1.807, 2.05) is 18.2 Å². The Kier molecular flexibility index (Phi) is 5.92. The first-order valence-electron chi connectivity index (χ1n) is 6.89. The van der Waals surface area contributed by atoms with Crippen molar-refractivity contribution in [2.45, 2.75) is 24.7 Å². The number of ether oxygens (including phenoxy) is 3. The average Bonchev–Trinajstić information content (AvgIpc) is 2.70. The molecule has 1 aromatic rings. The summed E-state index contributed by atoms with van der Waals surface area (Å²) in [5.41, 5.74) is 0. The predicted molar refractivity (Wildman–Crippen MR) is 79.0 cm³/mol. The SMILES string of the molecule is CCOC(=O)CC(=O)CSc1ccc2c(c1)OCCCO2. The van der Waals surface area contributed by atoms with Gasteiger partial charge in [-0.1, -0.05) is 0 Å². The molecule has 0 aliphatic carbocycles. The lowest BCUT2D eigenvalue weighted by atomic mass is 10.3. The third-order valence-corrected chi connectivity index (χ3v) is 3.82. The van der Waals surface area contributed by atoms with Crippen LogP contribution in [0.1, 0.15) is 19.8 Å². The Morgan fingerprint density at radius 2 is 2.00 bits per heavy atom. The molecule has 0 bridgehead atoms. The summed E-state index contributed by atoms with van der Waals surface area (Å²) in [4.78, 5) is 23.8. The van der Waals surface area contributed by atoms with Crippen LogP contribution in [0.15, 0.2) is 23.1 Å². The molecule has 0 saturated carbocycles. The highest BCUT2D eigenvalue weighted by atomic mass is 32.2. The van der Waals surface area contributed by atoms with Crippen LogP contribution in [0.25, 0.3) is 0 Å². The van der Waals surface area contributed by atoms with Gasteiger partial charge in [0, 0.05) is 11.3 Å². The number of hydrogen-bond acceptors (Lipinski definition) is 6. The summed E-state index contributed by atoms with van der Waals surface area (Å²) < 4.78 is 15.9. The maximum atomic E-state index is 11.7. The summed E-state index contributed by atoms with van der Waals surface area (Å²) in [5.74, 6) is 1.05. The fourth-order valence-electron chi connectivity index (χ4n) is 1.82. The number of thioether (sulfide) groups is 1. The molecule has 0 atom stereocenters. The van der Waals surface area contributed by atoms with Crippen LogP contribution in [0.2, 0.25) is 0 Å². The van der Waals surface area contributed by atoms with Crippen molar-refractivity contribution in [3.63, 3.8) is 0 Å². The standard InChI is InChI=1S/C15H18O5S/c1-2-18-15(17)8-11(16)10-21-12-4-5-13-14(9-12)20-7-3-6-19-13/h4-5,9H,2-3,6-8,10H2,1H3. The van der Waals surface area contributed by atoms with Crippen LogP contribution in [0.4, 0.5) is 0 Å². The number of Topliss-reactive ketones (excluding diaryl/α,β-unsaturated/α-hetero) is 1. The zero-order valence-electron chi connectivity index (χ0n) is 11.9. The van der Waals surface area contributed by atoms with E-state index in [1.165, 1.54) is 11.8 Å². The highest BCUT2D eigenvalue weighted by Crippen LogP contribution is 2.33. The van der Waals surface area contributed by atoms with Gasteiger partial charge < -0.3 is 14.2 Å². The van der Waals surface area contributed by atoms with Crippen molar-refractivity contribution < 1.29 is 23.8 Å². The number of ketones is 1. The number of esters is 1. The van der Waals surface area contributed by atoms with E-state index in [0.29, 0.717) is 25.6 Å². The number of carbonyl (C=O) groups is 2. The van der Waals surface area contributed by atoms with Crippen molar-refractivity contribution in [1.29, 1.82) is 0 Å². The van der Waals surface area contributed by atoms with E-state index in [-0.39, 0.29) is 18.0 Å². The number of rotatable bonds is 6. The van der Waals surface area contributed by atoms with Gasteiger partial charge in [-0.3, -0.25) is 9.59 Å². The molecule has 0 amide bonds. The number of hydrogen-bond donors (Lipinski definition) is 0. The van der Waals surface area contributed by atoms with Crippen LogP contribution in [0, 0.1) is 0 Å². The molecule has 0 fully saturated rings. The number of carbonyl (C=O) groups excluding carboxylic acids is 2. The van der Waals surface area contributed by atoms with Gasteiger partial charge >= 0.3 is 5.97 Å². The van der Waals surface area contributed by atoms with E-state index >= 15 is 0 Å². The Hall–Kier alpha value is -1.69. The topological polar surface area (TPSA) is 61.8 Å². The second-order valence-electron chi connectivity index (χ2n) is 4.47. The molecule has 0 N–H and O–H groups in total. The molecule has 21 heavy (non-hydrogen) atoms. The zero-order chi connectivity index (χ0) is 15.1. The minimum atomic E-state index is -0.471. The summed E-state index contributed by atoms with van der Waals surface area (Å²) in [5, 5.41) is 0. The van der Waals surface area contributed by atoms with Gasteiger partial charge in [-0.25, -0.2) is 0 Å². The molecule has 5 nitrogen and oxygen atoms in total. The molecule has 2 rings (SSSR count). The van der Waals surface area contributed by atoms with Gasteiger partial charge in [0.25, 0.3) is 0 Å². The Morgan fingerprint density at radius 3 is 2.76 bits per heavy atom. The van der Waals surface area contributed by atoms with Gasteiger partial charge in [0.05, 0.1) is 25.6 Å². The van der Waals surface area contributed by atoms with E-state index in [1.54, 1.807) is 6.92 Å². The largest absolute Gasteiger partial charge is 0.490 e. The summed E-state index contributed by atoms with van der Waals surface area (Å²) >= 11 is 1.38. The summed E-state index contributed by atoms with van der Waals surface area (Å²) in [7, 11) is 0. The van der Waals surface area contributed by atoms with Gasteiger partial charge in [0.1, 0.15) is 6.42 Å². The van der Waals surface area contributed by atoms with Crippen molar-refractivity contribution >= 4 is 23.5 Å². The molecular weight excluding hydrogens is 292 g/mol. The highest BCUT2D eigenvalue weighted by molar-refractivity contribution is 8.00.